The molecule has 2 unspecified atom stereocenters. The molecule has 0 aliphatic rings. The Balaban J connectivity index is 2.56. The zero-order chi connectivity index (χ0) is 14.4. The van der Waals surface area contributed by atoms with Crippen molar-refractivity contribution in [2.24, 2.45) is 0 Å². The molecule has 0 aliphatic carbocycles. The third kappa shape index (κ3) is 5.19. The largest absolute Gasteiger partial charge is 0.481 e. The van der Waals surface area contributed by atoms with Gasteiger partial charge in [0.2, 0.25) is 0 Å². The molecule has 3 nitrogen and oxygen atoms in total. The summed E-state index contributed by atoms with van der Waals surface area (Å²) in [6, 6.07) is 4.54. The fourth-order valence-electron chi connectivity index (χ4n) is 1.67. The fraction of sp³-hybridized carbons (Fsp3) is 0.500. The van der Waals surface area contributed by atoms with Crippen LogP contribution in [0.15, 0.2) is 22.7 Å². The van der Waals surface area contributed by atoms with E-state index in [2.05, 4.69) is 28.2 Å². The monoisotopic (exact) mass is 331 g/mol. The van der Waals surface area contributed by atoms with Crippen molar-refractivity contribution < 1.29 is 13.9 Å². The molecule has 1 amide bonds. The summed E-state index contributed by atoms with van der Waals surface area (Å²) in [5.74, 6) is -0.264. The molecule has 1 aromatic carbocycles. The summed E-state index contributed by atoms with van der Waals surface area (Å²) in [6.45, 7) is 5.66. The van der Waals surface area contributed by atoms with Crippen LogP contribution in [0.2, 0.25) is 0 Å². The smallest absolute Gasteiger partial charge is 0.260 e. The maximum atomic E-state index is 13.3. The first-order chi connectivity index (χ1) is 8.93. The van der Waals surface area contributed by atoms with Crippen LogP contribution < -0.4 is 10.1 Å². The molecular weight excluding hydrogens is 313 g/mol. The van der Waals surface area contributed by atoms with Gasteiger partial charge in [-0.3, -0.25) is 4.79 Å². The second kappa shape index (κ2) is 7.48. The Kier molecular flexibility index (Phi) is 6.28. The number of carbonyl (C=O) groups is 1. The molecule has 0 heterocycles. The Morgan fingerprint density at radius 2 is 2.16 bits per heavy atom. The Hall–Kier alpha value is -1.10. The van der Waals surface area contributed by atoms with E-state index in [-0.39, 0.29) is 11.9 Å². The summed E-state index contributed by atoms with van der Waals surface area (Å²) in [6.07, 6.45) is 1.28. The number of ether oxygens (including phenoxy) is 1. The predicted molar refractivity (Wildman–Crippen MR) is 76.7 cm³/mol. The van der Waals surface area contributed by atoms with Crippen LogP contribution in [0.5, 0.6) is 5.75 Å². The lowest BCUT2D eigenvalue weighted by Gasteiger charge is -2.18. The lowest BCUT2D eigenvalue weighted by atomic mass is 10.2. The molecule has 0 saturated heterocycles. The van der Waals surface area contributed by atoms with Crippen LogP contribution in [-0.2, 0) is 4.79 Å². The van der Waals surface area contributed by atoms with Crippen molar-refractivity contribution >= 4 is 21.8 Å². The van der Waals surface area contributed by atoms with Gasteiger partial charge < -0.3 is 10.1 Å². The maximum Gasteiger partial charge on any atom is 0.260 e. The van der Waals surface area contributed by atoms with Gasteiger partial charge in [-0.15, -0.1) is 0 Å². The van der Waals surface area contributed by atoms with Crippen LogP contribution in [0, 0.1) is 5.82 Å². The van der Waals surface area contributed by atoms with Crippen molar-refractivity contribution in [3.63, 3.8) is 0 Å². The average Bonchev–Trinajstić information content (AvgIpc) is 2.34. The van der Waals surface area contributed by atoms with Crippen molar-refractivity contribution in [1.29, 1.82) is 0 Å². The zero-order valence-electron chi connectivity index (χ0n) is 11.4. The summed E-state index contributed by atoms with van der Waals surface area (Å²) >= 11 is 3.06. The third-order valence-electron chi connectivity index (χ3n) is 2.68. The van der Waals surface area contributed by atoms with E-state index in [0.29, 0.717) is 10.2 Å². The lowest BCUT2D eigenvalue weighted by molar-refractivity contribution is -0.127. The molecule has 2 atom stereocenters. The van der Waals surface area contributed by atoms with Crippen molar-refractivity contribution in [3.8, 4) is 5.75 Å². The molecule has 106 valence electrons. The van der Waals surface area contributed by atoms with Gasteiger partial charge in [-0.05, 0) is 48.3 Å². The van der Waals surface area contributed by atoms with E-state index in [0.717, 1.165) is 12.8 Å². The van der Waals surface area contributed by atoms with Gasteiger partial charge in [-0.25, -0.2) is 4.39 Å². The Labute approximate surface area is 121 Å². The Bertz CT molecular complexity index is 439. The molecule has 0 aliphatic heterocycles. The van der Waals surface area contributed by atoms with Gasteiger partial charge >= 0.3 is 0 Å². The van der Waals surface area contributed by atoms with Crippen LogP contribution in [-0.4, -0.2) is 18.1 Å². The first kappa shape index (κ1) is 16.0. The number of benzene rings is 1. The minimum absolute atomic E-state index is 0.116. The van der Waals surface area contributed by atoms with E-state index in [1.165, 1.54) is 6.07 Å². The Morgan fingerprint density at radius 3 is 2.74 bits per heavy atom. The molecule has 5 heteroatoms. The topological polar surface area (TPSA) is 38.3 Å². The van der Waals surface area contributed by atoms with E-state index < -0.39 is 11.9 Å². The molecule has 0 radical (unpaired) electrons. The zero-order valence-corrected chi connectivity index (χ0v) is 13.0. The molecule has 0 aromatic heterocycles. The van der Waals surface area contributed by atoms with Gasteiger partial charge in [0, 0.05) is 12.1 Å². The normalized spacial score (nSPS) is 13.7. The highest BCUT2D eigenvalue weighted by atomic mass is 79.9. The summed E-state index contributed by atoms with van der Waals surface area (Å²) in [4.78, 5) is 11.8. The van der Waals surface area contributed by atoms with Crippen LogP contribution >= 0.6 is 15.9 Å². The molecule has 0 spiro atoms. The van der Waals surface area contributed by atoms with Crippen molar-refractivity contribution in [1.82, 2.24) is 5.32 Å². The molecular formula is C14H19BrFNO2. The number of hydrogen-bond donors (Lipinski definition) is 1. The number of carbonyl (C=O) groups excluding carboxylic acids is 1. The lowest BCUT2D eigenvalue weighted by Crippen LogP contribution is -2.41. The third-order valence-corrected chi connectivity index (χ3v) is 3.33. The SMILES string of the molecule is CCCC(C)NC(=O)C(C)Oc1ccc(Br)c(F)c1. The quantitative estimate of drug-likeness (QED) is 0.863. The number of hydrogen-bond acceptors (Lipinski definition) is 2. The Morgan fingerprint density at radius 1 is 1.47 bits per heavy atom. The number of rotatable bonds is 6. The van der Waals surface area contributed by atoms with Gasteiger partial charge in [-0.1, -0.05) is 13.3 Å². The highest BCUT2D eigenvalue weighted by molar-refractivity contribution is 9.10. The van der Waals surface area contributed by atoms with Crippen molar-refractivity contribution in [2.75, 3.05) is 0 Å². The maximum absolute atomic E-state index is 13.3. The first-order valence-electron chi connectivity index (χ1n) is 6.36. The summed E-state index contributed by atoms with van der Waals surface area (Å²) in [5.41, 5.74) is 0. The van der Waals surface area contributed by atoms with Gasteiger partial charge in [0.1, 0.15) is 11.6 Å². The van der Waals surface area contributed by atoms with E-state index in [1.807, 2.05) is 6.92 Å². The van der Waals surface area contributed by atoms with E-state index >= 15 is 0 Å². The summed E-state index contributed by atoms with van der Waals surface area (Å²) in [5, 5.41) is 2.86. The number of halogens is 2. The second-order valence-corrected chi connectivity index (χ2v) is 5.39. The van der Waals surface area contributed by atoms with Crippen molar-refractivity contribution in [3.05, 3.63) is 28.5 Å². The fourth-order valence-corrected chi connectivity index (χ4v) is 1.92. The minimum Gasteiger partial charge on any atom is -0.481 e. The molecule has 0 bridgehead atoms. The van der Waals surface area contributed by atoms with E-state index in [4.69, 9.17) is 4.74 Å². The van der Waals surface area contributed by atoms with Crippen molar-refractivity contribution in [2.45, 2.75) is 45.8 Å². The van der Waals surface area contributed by atoms with Gasteiger partial charge in [0.15, 0.2) is 6.10 Å². The van der Waals surface area contributed by atoms with E-state index in [9.17, 15) is 9.18 Å². The molecule has 0 fully saturated rings. The highest BCUT2D eigenvalue weighted by Crippen LogP contribution is 2.21. The molecule has 19 heavy (non-hydrogen) atoms. The highest BCUT2D eigenvalue weighted by Gasteiger charge is 2.17. The van der Waals surface area contributed by atoms with Crippen LogP contribution in [0.1, 0.15) is 33.6 Å². The van der Waals surface area contributed by atoms with Gasteiger partial charge in [0.25, 0.3) is 5.91 Å². The minimum atomic E-state index is -0.653. The molecule has 1 aromatic rings. The second-order valence-electron chi connectivity index (χ2n) is 4.53. The number of nitrogens with one attached hydrogen (secondary N) is 1. The molecule has 0 saturated carbocycles. The standard InChI is InChI=1S/C14H19BrFNO2/c1-4-5-9(2)17-14(18)10(3)19-11-6-7-12(15)13(16)8-11/h6-10H,4-5H2,1-3H3,(H,17,18). The van der Waals surface area contributed by atoms with Crippen LogP contribution in [0.25, 0.3) is 0 Å². The predicted octanol–water partition coefficient (Wildman–Crippen LogP) is 3.66. The van der Waals surface area contributed by atoms with E-state index in [1.54, 1.807) is 19.1 Å². The van der Waals surface area contributed by atoms with Gasteiger partial charge in [0.05, 0.1) is 4.47 Å². The van der Waals surface area contributed by atoms with Crippen LogP contribution in [0.4, 0.5) is 4.39 Å². The first-order valence-corrected chi connectivity index (χ1v) is 7.15. The molecule has 1 N–H and O–H groups in total. The average molecular weight is 332 g/mol. The van der Waals surface area contributed by atoms with Crippen LogP contribution in [0.3, 0.4) is 0 Å². The summed E-state index contributed by atoms with van der Waals surface area (Å²) in [7, 11) is 0. The summed E-state index contributed by atoms with van der Waals surface area (Å²) < 4.78 is 19.1. The number of amides is 1. The molecule has 1 rings (SSSR count). The van der Waals surface area contributed by atoms with Gasteiger partial charge in [-0.2, -0.15) is 0 Å².